The monoisotopic (exact) mass is 305 g/mol. The van der Waals surface area contributed by atoms with Gasteiger partial charge in [-0.2, -0.15) is 0 Å². The average molecular weight is 305 g/mol. The summed E-state index contributed by atoms with van der Waals surface area (Å²) in [6.07, 6.45) is 4.69. The Bertz CT molecular complexity index is 625. The lowest BCUT2D eigenvalue weighted by atomic mass is 10.2. The van der Waals surface area contributed by atoms with Crippen LogP contribution in [0, 0.1) is 6.92 Å². The van der Waals surface area contributed by atoms with Crippen molar-refractivity contribution in [2.75, 3.05) is 5.43 Å². The normalized spacial score (nSPS) is 14.6. The van der Waals surface area contributed by atoms with Crippen LogP contribution < -0.4 is 11.3 Å². The Morgan fingerprint density at radius 3 is 3.05 bits per heavy atom. The Hall–Kier alpha value is -1.67. The van der Waals surface area contributed by atoms with Crippen molar-refractivity contribution < 1.29 is 0 Å². The Morgan fingerprint density at radius 1 is 1.29 bits per heavy atom. The fourth-order valence-electron chi connectivity index (χ4n) is 2.46. The minimum Gasteiger partial charge on any atom is -0.308 e. The second-order valence-electron chi connectivity index (χ2n) is 5.10. The van der Waals surface area contributed by atoms with Crippen LogP contribution in [0.5, 0.6) is 0 Å². The van der Waals surface area contributed by atoms with Gasteiger partial charge in [-0.3, -0.25) is 0 Å². The summed E-state index contributed by atoms with van der Waals surface area (Å²) < 4.78 is 2.23. The second kappa shape index (κ2) is 6.40. The van der Waals surface area contributed by atoms with Gasteiger partial charge < -0.3 is 9.99 Å². The molecule has 3 rings (SSSR count). The molecule has 0 fully saturated rings. The summed E-state index contributed by atoms with van der Waals surface area (Å²) >= 11 is 1.63. The Morgan fingerprint density at radius 2 is 2.19 bits per heavy atom. The zero-order chi connectivity index (χ0) is 14.7. The van der Waals surface area contributed by atoms with Gasteiger partial charge in [-0.05, 0) is 19.8 Å². The summed E-state index contributed by atoms with van der Waals surface area (Å²) in [7, 11) is 0. The van der Waals surface area contributed by atoms with Gasteiger partial charge in [0.25, 0.3) is 0 Å². The number of aryl methyl sites for hydroxylation is 2. The van der Waals surface area contributed by atoms with Gasteiger partial charge in [-0.25, -0.2) is 15.8 Å². The van der Waals surface area contributed by atoms with Crippen LogP contribution in [0.4, 0.5) is 5.82 Å². The molecular formula is C13H19N7S. The quantitative estimate of drug-likeness (QED) is 0.504. The fraction of sp³-hybridized carbons (Fsp3) is 0.538. The van der Waals surface area contributed by atoms with E-state index in [0.717, 1.165) is 35.5 Å². The molecule has 0 saturated heterocycles. The van der Waals surface area contributed by atoms with Crippen molar-refractivity contribution in [1.82, 2.24) is 24.7 Å². The van der Waals surface area contributed by atoms with Gasteiger partial charge in [0.1, 0.15) is 17.5 Å². The number of hydrazine groups is 1. The molecule has 0 saturated carbocycles. The van der Waals surface area contributed by atoms with E-state index in [0.29, 0.717) is 11.6 Å². The van der Waals surface area contributed by atoms with Crippen molar-refractivity contribution in [3.63, 3.8) is 0 Å². The zero-order valence-electron chi connectivity index (χ0n) is 12.0. The van der Waals surface area contributed by atoms with Crippen molar-refractivity contribution in [3.8, 4) is 0 Å². The molecule has 3 heterocycles. The first kappa shape index (κ1) is 14.3. The van der Waals surface area contributed by atoms with E-state index in [1.807, 2.05) is 13.0 Å². The molecule has 0 amide bonds. The molecule has 1 aliphatic heterocycles. The van der Waals surface area contributed by atoms with Gasteiger partial charge >= 0.3 is 0 Å². The van der Waals surface area contributed by atoms with E-state index >= 15 is 0 Å². The second-order valence-corrected chi connectivity index (χ2v) is 6.05. The summed E-state index contributed by atoms with van der Waals surface area (Å²) in [5.74, 6) is 8.56. The standard InChI is InChI=1S/C13H19N7S/c1-9-7-10(17-14)16-11(15-9)8-21-13-19-18-12-5-3-2-4-6-20(12)13/h7H,2-6,8,14H2,1H3,(H,15,16,17). The summed E-state index contributed by atoms with van der Waals surface area (Å²) in [5, 5.41) is 9.56. The van der Waals surface area contributed by atoms with E-state index in [1.54, 1.807) is 11.8 Å². The van der Waals surface area contributed by atoms with Crippen LogP contribution in [0.15, 0.2) is 11.2 Å². The molecule has 0 spiro atoms. The van der Waals surface area contributed by atoms with Gasteiger partial charge in [0.2, 0.25) is 0 Å². The number of nitrogens with two attached hydrogens (primary N) is 1. The third-order valence-corrected chi connectivity index (χ3v) is 4.42. The molecule has 8 heteroatoms. The summed E-state index contributed by atoms with van der Waals surface area (Å²) in [5.41, 5.74) is 3.46. The molecule has 0 radical (unpaired) electrons. The molecule has 21 heavy (non-hydrogen) atoms. The first-order valence-electron chi connectivity index (χ1n) is 7.12. The third kappa shape index (κ3) is 3.33. The number of aromatic nitrogens is 5. The zero-order valence-corrected chi connectivity index (χ0v) is 12.9. The van der Waals surface area contributed by atoms with E-state index in [4.69, 9.17) is 5.84 Å². The lowest BCUT2D eigenvalue weighted by molar-refractivity contribution is 0.591. The highest BCUT2D eigenvalue weighted by Crippen LogP contribution is 2.24. The fourth-order valence-corrected chi connectivity index (χ4v) is 3.30. The molecule has 0 bridgehead atoms. The first-order valence-corrected chi connectivity index (χ1v) is 8.11. The molecule has 7 nitrogen and oxygen atoms in total. The van der Waals surface area contributed by atoms with E-state index in [2.05, 4.69) is 30.2 Å². The predicted octanol–water partition coefficient (Wildman–Crippen LogP) is 1.68. The molecule has 0 aliphatic carbocycles. The minimum absolute atomic E-state index is 0.637. The molecule has 3 N–H and O–H groups in total. The van der Waals surface area contributed by atoms with E-state index in [1.165, 1.54) is 19.3 Å². The molecule has 0 aromatic carbocycles. The SMILES string of the molecule is Cc1cc(NN)nc(CSc2nnc3n2CCCCC3)n1. The molecule has 112 valence electrons. The Kier molecular flexibility index (Phi) is 4.35. The minimum atomic E-state index is 0.637. The van der Waals surface area contributed by atoms with Crippen LogP contribution in [-0.2, 0) is 18.7 Å². The molecule has 1 aliphatic rings. The van der Waals surface area contributed by atoms with E-state index in [-0.39, 0.29) is 0 Å². The van der Waals surface area contributed by atoms with Crippen LogP contribution in [-0.4, -0.2) is 24.7 Å². The number of hydrogen-bond acceptors (Lipinski definition) is 7. The largest absolute Gasteiger partial charge is 0.308 e. The van der Waals surface area contributed by atoms with E-state index in [9.17, 15) is 0 Å². The van der Waals surface area contributed by atoms with Crippen molar-refractivity contribution in [1.29, 1.82) is 0 Å². The smallest absolute Gasteiger partial charge is 0.191 e. The number of hydrogen-bond donors (Lipinski definition) is 2. The maximum Gasteiger partial charge on any atom is 0.191 e. The molecule has 0 unspecified atom stereocenters. The third-order valence-electron chi connectivity index (χ3n) is 3.45. The van der Waals surface area contributed by atoms with Gasteiger partial charge in [-0.1, -0.05) is 18.2 Å². The maximum atomic E-state index is 5.41. The number of rotatable bonds is 4. The number of nitrogens with zero attached hydrogens (tertiary/aromatic N) is 5. The van der Waals surface area contributed by atoms with Gasteiger partial charge in [0, 0.05) is 24.7 Å². The highest BCUT2D eigenvalue weighted by atomic mass is 32.2. The van der Waals surface area contributed by atoms with Gasteiger partial charge in [-0.15, -0.1) is 10.2 Å². The summed E-state index contributed by atoms with van der Waals surface area (Å²) in [6.45, 7) is 2.94. The number of anilines is 1. The number of thioether (sulfide) groups is 1. The topological polar surface area (TPSA) is 94.5 Å². The van der Waals surface area contributed by atoms with Crippen molar-refractivity contribution in [3.05, 3.63) is 23.4 Å². The molecule has 2 aromatic heterocycles. The number of fused-ring (bicyclic) bond motifs is 1. The van der Waals surface area contributed by atoms with E-state index < -0.39 is 0 Å². The highest BCUT2D eigenvalue weighted by molar-refractivity contribution is 7.98. The maximum absolute atomic E-state index is 5.41. The number of nitrogen functional groups attached to an aromatic ring is 1. The predicted molar refractivity (Wildman–Crippen MR) is 81.7 cm³/mol. The lowest BCUT2D eigenvalue weighted by Gasteiger charge is -2.07. The molecule has 0 atom stereocenters. The van der Waals surface area contributed by atoms with Gasteiger partial charge in [0.05, 0.1) is 5.75 Å². The van der Waals surface area contributed by atoms with Crippen LogP contribution in [0.25, 0.3) is 0 Å². The highest BCUT2D eigenvalue weighted by Gasteiger charge is 2.15. The number of nitrogens with one attached hydrogen (secondary N) is 1. The van der Waals surface area contributed by atoms with Crippen LogP contribution in [0.2, 0.25) is 0 Å². The van der Waals surface area contributed by atoms with Crippen molar-refractivity contribution in [2.24, 2.45) is 5.84 Å². The average Bonchev–Trinajstić information content (AvgIpc) is 2.71. The van der Waals surface area contributed by atoms with Crippen LogP contribution in [0.1, 0.15) is 36.6 Å². The van der Waals surface area contributed by atoms with Crippen LogP contribution >= 0.6 is 11.8 Å². The van der Waals surface area contributed by atoms with Gasteiger partial charge in [0.15, 0.2) is 5.16 Å². The van der Waals surface area contributed by atoms with Crippen LogP contribution in [0.3, 0.4) is 0 Å². The molecular weight excluding hydrogens is 286 g/mol. The van der Waals surface area contributed by atoms with Crippen molar-refractivity contribution in [2.45, 2.75) is 50.1 Å². The molecule has 2 aromatic rings. The van der Waals surface area contributed by atoms with Crippen molar-refractivity contribution >= 4 is 17.6 Å². The lowest BCUT2D eigenvalue weighted by Crippen LogP contribution is -2.10. The summed E-state index contributed by atoms with van der Waals surface area (Å²) in [6, 6.07) is 1.82. The Labute approximate surface area is 127 Å². The summed E-state index contributed by atoms with van der Waals surface area (Å²) in [4.78, 5) is 8.78. The Balaban J connectivity index is 1.73. The first-order chi connectivity index (χ1) is 10.3.